The van der Waals surface area contributed by atoms with Gasteiger partial charge in [0.15, 0.2) is 5.96 Å². The second-order valence-corrected chi connectivity index (χ2v) is 8.94. The van der Waals surface area contributed by atoms with Crippen LogP contribution in [0.25, 0.3) is 0 Å². The van der Waals surface area contributed by atoms with Crippen molar-refractivity contribution >= 4 is 40.0 Å². The molecule has 1 aromatic rings. The molecule has 0 saturated heterocycles. The van der Waals surface area contributed by atoms with Gasteiger partial charge in [0.2, 0.25) is 10.0 Å². The van der Waals surface area contributed by atoms with E-state index in [1.165, 1.54) is 6.42 Å². The molecule has 0 heterocycles. The molecular formula is C19H35IN4O2S. The minimum Gasteiger partial charge on any atom is -0.356 e. The van der Waals surface area contributed by atoms with Crippen LogP contribution >= 0.6 is 24.0 Å². The highest BCUT2D eigenvalue weighted by Crippen LogP contribution is 2.12. The molecule has 0 spiro atoms. The van der Waals surface area contributed by atoms with Crippen molar-refractivity contribution in [3.05, 3.63) is 35.4 Å². The summed E-state index contributed by atoms with van der Waals surface area (Å²) in [6.45, 7) is 9.46. The molecule has 1 rings (SSSR count). The lowest BCUT2D eigenvalue weighted by molar-refractivity contribution is 0.549. The van der Waals surface area contributed by atoms with E-state index >= 15 is 0 Å². The first-order chi connectivity index (χ1) is 12.2. The Balaban J connectivity index is 0.00000676. The zero-order chi connectivity index (χ0) is 19.6. The molecule has 0 aliphatic carbocycles. The summed E-state index contributed by atoms with van der Waals surface area (Å²) in [7, 11) is -1.61. The van der Waals surface area contributed by atoms with Gasteiger partial charge in [-0.3, -0.25) is 4.99 Å². The Morgan fingerprint density at radius 1 is 1.07 bits per heavy atom. The molecule has 0 aromatic heterocycles. The summed E-state index contributed by atoms with van der Waals surface area (Å²) in [4.78, 5) is 4.23. The highest BCUT2D eigenvalue weighted by Gasteiger charge is 2.15. The number of sulfonamides is 1. The van der Waals surface area contributed by atoms with Crippen molar-refractivity contribution in [1.82, 2.24) is 15.4 Å². The van der Waals surface area contributed by atoms with E-state index in [-0.39, 0.29) is 35.8 Å². The third-order valence-electron chi connectivity index (χ3n) is 3.80. The summed E-state index contributed by atoms with van der Waals surface area (Å²) in [5.41, 5.74) is 1.75. The van der Waals surface area contributed by atoms with Crippen molar-refractivity contribution < 1.29 is 8.42 Å². The third kappa shape index (κ3) is 11.5. The van der Waals surface area contributed by atoms with Crippen LogP contribution in [-0.4, -0.2) is 34.0 Å². The number of halogens is 1. The molecule has 1 aromatic carbocycles. The smallest absolute Gasteiger partial charge is 0.216 e. The van der Waals surface area contributed by atoms with E-state index in [0.717, 1.165) is 30.1 Å². The first-order valence-corrected chi connectivity index (χ1v) is 10.9. The largest absolute Gasteiger partial charge is 0.356 e. The van der Waals surface area contributed by atoms with Gasteiger partial charge in [0.1, 0.15) is 0 Å². The number of nitrogens with zero attached hydrogens (tertiary/aromatic N) is 1. The van der Waals surface area contributed by atoms with Gasteiger partial charge in [-0.1, -0.05) is 38.1 Å². The summed E-state index contributed by atoms with van der Waals surface area (Å²) < 4.78 is 27.1. The molecule has 27 heavy (non-hydrogen) atoms. The Bertz CT molecular complexity index is 676. The number of benzene rings is 1. The predicted octanol–water partition coefficient (Wildman–Crippen LogP) is 3.23. The molecule has 0 saturated carbocycles. The summed E-state index contributed by atoms with van der Waals surface area (Å²) in [5.74, 6) is 1.40. The van der Waals surface area contributed by atoms with E-state index in [1.54, 1.807) is 7.05 Å². The van der Waals surface area contributed by atoms with Crippen LogP contribution in [0.5, 0.6) is 0 Å². The molecule has 0 fully saturated rings. The van der Waals surface area contributed by atoms with E-state index in [0.29, 0.717) is 12.5 Å². The molecule has 6 nitrogen and oxygen atoms in total. The van der Waals surface area contributed by atoms with Gasteiger partial charge in [-0.05, 0) is 43.7 Å². The Labute approximate surface area is 182 Å². The second-order valence-electron chi connectivity index (χ2n) is 7.19. The molecule has 0 radical (unpaired) electrons. The number of rotatable bonds is 10. The minimum absolute atomic E-state index is 0. The maximum Gasteiger partial charge on any atom is 0.216 e. The van der Waals surface area contributed by atoms with Gasteiger partial charge in [-0.2, -0.15) is 0 Å². The molecule has 0 aliphatic heterocycles. The Morgan fingerprint density at radius 3 is 2.26 bits per heavy atom. The molecule has 0 unspecified atom stereocenters. The van der Waals surface area contributed by atoms with Gasteiger partial charge < -0.3 is 10.6 Å². The van der Waals surface area contributed by atoms with Crippen LogP contribution < -0.4 is 15.4 Å². The van der Waals surface area contributed by atoms with Crippen molar-refractivity contribution in [2.45, 2.75) is 58.9 Å². The maximum atomic E-state index is 12.2. The number of nitrogens with one attached hydrogen (secondary N) is 3. The number of hydrogen-bond donors (Lipinski definition) is 3. The highest BCUT2D eigenvalue weighted by atomic mass is 127. The molecule has 0 atom stereocenters. The fourth-order valence-electron chi connectivity index (χ4n) is 2.59. The van der Waals surface area contributed by atoms with Crippen molar-refractivity contribution in [3.8, 4) is 0 Å². The molecule has 8 heteroatoms. The lowest BCUT2D eigenvalue weighted by Gasteiger charge is -2.15. The quantitative estimate of drug-likeness (QED) is 0.195. The first kappa shape index (κ1) is 26.1. The van der Waals surface area contributed by atoms with E-state index in [9.17, 15) is 8.42 Å². The highest BCUT2D eigenvalue weighted by molar-refractivity contribution is 14.0. The van der Waals surface area contributed by atoms with Gasteiger partial charge in [0, 0.05) is 26.2 Å². The van der Waals surface area contributed by atoms with Gasteiger partial charge in [-0.15, -0.1) is 24.0 Å². The van der Waals surface area contributed by atoms with E-state index < -0.39 is 10.0 Å². The SMILES string of the molecule is CN=C(NCCCC(C)C)NCc1ccccc1CS(=O)(=O)NC(C)C.I. The summed E-state index contributed by atoms with van der Waals surface area (Å²) in [6.07, 6.45) is 2.27. The molecule has 0 aliphatic rings. The number of hydrogen-bond acceptors (Lipinski definition) is 3. The average Bonchev–Trinajstić information content (AvgIpc) is 2.53. The van der Waals surface area contributed by atoms with Crippen LogP contribution in [0.2, 0.25) is 0 Å². The zero-order valence-corrected chi connectivity index (χ0v) is 20.2. The topological polar surface area (TPSA) is 82.6 Å². The van der Waals surface area contributed by atoms with Crippen LogP contribution in [-0.2, 0) is 22.3 Å². The van der Waals surface area contributed by atoms with E-state index in [4.69, 9.17) is 0 Å². The van der Waals surface area contributed by atoms with E-state index in [1.807, 2.05) is 38.1 Å². The Kier molecular flexibility index (Phi) is 12.9. The fourth-order valence-corrected chi connectivity index (χ4v) is 4.09. The zero-order valence-electron chi connectivity index (χ0n) is 17.1. The molecule has 156 valence electrons. The van der Waals surface area contributed by atoms with E-state index in [2.05, 4.69) is 34.2 Å². The van der Waals surface area contributed by atoms with Crippen LogP contribution in [0.4, 0.5) is 0 Å². The van der Waals surface area contributed by atoms with Crippen molar-refractivity contribution in [2.75, 3.05) is 13.6 Å². The lowest BCUT2D eigenvalue weighted by Crippen LogP contribution is -2.37. The maximum absolute atomic E-state index is 12.2. The summed E-state index contributed by atoms with van der Waals surface area (Å²) in [5, 5.41) is 6.56. The third-order valence-corrected chi connectivity index (χ3v) is 5.32. The number of aliphatic imine (C=N–C) groups is 1. The Hall–Kier alpha value is -0.870. The van der Waals surface area contributed by atoms with Gasteiger partial charge >= 0.3 is 0 Å². The fraction of sp³-hybridized carbons (Fsp3) is 0.632. The number of guanidine groups is 1. The van der Waals surface area contributed by atoms with Crippen molar-refractivity contribution in [3.63, 3.8) is 0 Å². The van der Waals surface area contributed by atoms with Gasteiger partial charge in [0.05, 0.1) is 5.75 Å². The Morgan fingerprint density at radius 2 is 1.70 bits per heavy atom. The van der Waals surface area contributed by atoms with Crippen molar-refractivity contribution in [1.29, 1.82) is 0 Å². The van der Waals surface area contributed by atoms with Gasteiger partial charge in [0.25, 0.3) is 0 Å². The van der Waals surface area contributed by atoms with Crippen molar-refractivity contribution in [2.24, 2.45) is 10.9 Å². The van der Waals surface area contributed by atoms with Crippen LogP contribution in [0.3, 0.4) is 0 Å². The average molecular weight is 510 g/mol. The second kappa shape index (κ2) is 13.3. The first-order valence-electron chi connectivity index (χ1n) is 9.24. The molecule has 3 N–H and O–H groups in total. The van der Waals surface area contributed by atoms with Crippen LogP contribution in [0, 0.1) is 5.92 Å². The standard InChI is InChI=1S/C19H34N4O2S.HI/c1-15(2)9-8-12-21-19(20-5)22-13-17-10-6-7-11-18(17)14-26(24,25)23-16(3)4;/h6-7,10-11,15-16,23H,8-9,12-14H2,1-5H3,(H2,20,21,22);1H. The predicted molar refractivity (Wildman–Crippen MR) is 125 cm³/mol. The normalized spacial score (nSPS) is 12.2. The molecular weight excluding hydrogens is 475 g/mol. The monoisotopic (exact) mass is 510 g/mol. The molecule has 0 amide bonds. The van der Waals surface area contributed by atoms with Gasteiger partial charge in [-0.25, -0.2) is 13.1 Å². The lowest BCUT2D eigenvalue weighted by atomic mass is 10.1. The van der Waals surface area contributed by atoms with Crippen LogP contribution in [0.1, 0.15) is 51.7 Å². The summed E-state index contributed by atoms with van der Waals surface area (Å²) >= 11 is 0. The van der Waals surface area contributed by atoms with Crippen LogP contribution in [0.15, 0.2) is 29.3 Å². The summed E-state index contributed by atoms with van der Waals surface area (Å²) in [6, 6.07) is 7.47. The molecule has 0 bridgehead atoms. The minimum atomic E-state index is -3.35.